The van der Waals surface area contributed by atoms with Crippen LogP contribution in [0.15, 0.2) is 0 Å². The normalized spacial score (nSPS) is 9.57. The Morgan fingerprint density at radius 3 is 2.50 bits per heavy atom. The molecule has 0 aromatic carbocycles. The highest BCUT2D eigenvalue weighted by Gasteiger charge is 2.08. The van der Waals surface area contributed by atoms with Crippen LogP contribution in [-0.2, 0) is 19.0 Å². The van der Waals surface area contributed by atoms with Crippen LogP contribution in [0.2, 0.25) is 0 Å². The summed E-state index contributed by atoms with van der Waals surface area (Å²) in [5, 5.41) is -0.491. The molecule has 0 fully saturated rings. The molecule has 0 saturated heterocycles. The van der Waals surface area contributed by atoms with E-state index in [0.717, 1.165) is 11.8 Å². The van der Waals surface area contributed by atoms with Gasteiger partial charge in [-0.1, -0.05) is 0 Å². The molecular formula is C8H14O5S. The van der Waals surface area contributed by atoms with Crippen LogP contribution in [0.5, 0.6) is 0 Å². The van der Waals surface area contributed by atoms with Crippen LogP contribution < -0.4 is 0 Å². The summed E-state index contributed by atoms with van der Waals surface area (Å²) < 4.78 is 14.0. The molecule has 0 heterocycles. The molecule has 0 aliphatic heterocycles. The number of thioether (sulfide) groups is 1. The topological polar surface area (TPSA) is 61.8 Å². The first-order chi connectivity index (χ1) is 6.70. The Labute approximate surface area is 87.1 Å². The average molecular weight is 222 g/mol. The second-order valence-electron chi connectivity index (χ2n) is 2.18. The van der Waals surface area contributed by atoms with Gasteiger partial charge in [0, 0.05) is 7.11 Å². The summed E-state index contributed by atoms with van der Waals surface area (Å²) in [5.74, 6) is -0.430. The summed E-state index contributed by atoms with van der Waals surface area (Å²) >= 11 is 0.784. The van der Waals surface area contributed by atoms with Crippen molar-refractivity contribution in [3.8, 4) is 0 Å². The standard InChI is InChI=1S/C8H14O5S/c1-3-12-7(9)6-14-8(10)13-5-4-11-2/h3-6H2,1-2H3. The Kier molecular flexibility index (Phi) is 8.36. The van der Waals surface area contributed by atoms with E-state index < -0.39 is 11.3 Å². The van der Waals surface area contributed by atoms with Gasteiger partial charge in [0.05, 0.1) is 13.2 Å². The van der Waals surface area contributed by atoms with Gasteiger partial charge >= 0.3 is 11.3 Å². The maximum absolute atomic E-state index is 10.9. The smallest absolute Gasteiger partial charge is 0.367 e. The van der Waals surface area contributed by atoms with E-state index >= 15 is 0 Å². The number of ether oxygens (including phenoxy) is 3. The van der Waals surface area contributed by atoms with Gasteiger partial charge in [0.1, 0.15) is 12.4 Å². The van der Waals surface area contributed by atoms with Gasteiger partial charge in [0.2, 0.25) is 0 Å². The molecule has 14 heavy (non-hydrogen) atoms. The minimum absolute atomic E-state index is 0.0142. The van der Waals surface area contributed by atoms with E-state index in [1.807, 2.05) is 0 Å². The fraction of sp³-hybridized carbons (Fsp3) is 0.750. The van der Waals surface area contributed by atoms with E-state index in [9.17, 15) is 9.59 Å². The van der Waals surface area contributed by atoms with E-state index in [1.165, 1.54) is 7.11 Å². The molecular weight excluding hydrogens is 208 g/mol. The van der Waals surface area contributed by atoms with Gasteiger partial charge in [0.15, 0.2) is 0 Å². The lowest BCUT2D eigenvalue weighted by Crippen LogP contribution is -2.11. The van der Waals surface area contributed by atoms with E-state index in [0.29, 0.717) is 13.2 Å². The Balaban J connectivity index is 3.39. The highest BCUT2D eigenvalue weighted by Crippen LogP contribution is 2.05. The van der Waals surface area contributed by atoms with E-state index in [1.54, 1.807) is 6.92 Å². The zero-order valence-corrected chi connectivity index (χ0v) is 9.09. The number of carbonyl (C=O) groups excluding carboxylic acids is 2. The van der Waals surface area contributed by atoms with Crippen LogP contribution in [0.4, 0.5) is 4.79 Å². The van der Waals surface area contributed by atoms with Crippen molar-refractivity contribution in [1.29, 1.82) is 0 Å². The molecule has 0 unspecified atom stereocenters. The highest BCUT2D eigenvalue weighted by molar-refractivity contribution is 8.13. The van der Waals surface area contributed by atoms with Gasteiger partial charge in [-0.3, -0.25) is 4.79 Å². The summed E-state index contributed by atoms with van der Waals surface area (Å²) in [6, 6.07) is 0. The molecule has 0 N–H and O–H groups in total. The van der Waals surface area contributed by atoms with Gasteiger partial charge in [0.25, 0.3) is 0 Å². The fourth-order valence-electron chi connectivity index (χ4n) is 0.571. The van der Waals surface area contributed by atoms with E-state index in [2.05, 4.69) is 9.47 Å². The maximum atomic E-state index is 10.9. The quantitative estimate of drug-likeness (QED) is 0.495. The van der Waals surface area contributed by atoms with Gasteiger partial charge in [-0.25, -0.2) is 4.79 Å². The van der Waals surface area contributed by atoms with Crippen molar-refractivity contribution >= 4 is 23.0 Å². The molecule has 0 rings (SSSR count). The van der Waals surface area contributed by atoms with Crippen molar-refractivity contribution in [3.63, 3.8) is 0 Å². The summed E-state index contributed by atoms with van der Waals surface area (Å²) in [6.07, 6.45) is 0. The van der Waals surface area contributed by atoms with Gasteiger partial charge in [-0.2, -0.15) is 0 Å². The molecule has 6 heteroatoms. The number of methoxy groups -OCH3 is 1. The minimum Gasteiger partial charge on any atom is -0.465 e. The monoisotopic (exact) mass is 222 g/mol. The predicted molar refractivity (Wildman–Crippen MR) is 52.3 cm³/mol. The van der Waals surface area contributed by atoms with Crippen molar-refractivity contribution in [2.45, 2.75) is 6.92 Å². The molecule has 0 atom stereocenters. The first-order valence-electron chi connectivity index (χ1n) is 4.14. The average Bonchev–Trinajstić information content (AvgIpc) is 2.16. The first-order valence-corrected chi connectivity index (χ1v) is 5.13. The van der Waals surface area contributed by atoms with Crippen molar-refractivity contribution in [2.24, 2.45) is 0 Å². The molecule has 0 saturated carbocycles. The Morgan fingerprint density at radius 1 is 1.21 bits per heavy atom. The molecule has 82 valence electrons. The zero-order chi connectivity index (χ0) is 10.8. The number of hydrogen-bond donors (Lipinski definition) is 0. The van der Waals surface area contributed by atoms with Crippen LogP contribution in [0.3, 0.4) is 0 Å². The summed E-state index contributed by atoms with van der Waals surface area (Å²) in [7, 11) is 1.51. The number of hydrogen-bond acceptors (Lipinski definition) is 6. The lowest BCUT2D eigenvalue weighted by atomic mass is 10.8. The van der Waals surface area contributed by atoms with Crippen molar-refractivity contribution in [3.05, 3.63) is 0 Å². The van der Waals surface area contributed by atoms with Crippen LogP contribution >= 0.6 is 11.8 Å². The molecule has 0 aromatic rings. The first kappa shape index (κ1) is 13.2. The SMILES string of the molecule is CCOC(=O)CSC(=O)OCCOC. The molecule has 0 bridgehead atoms. The Bertz CT molecular complexity index is 183. The van der Waals surface area contributed by atoms with Crippen molar-refractivity contribution in [1.82, 2.24) is 0 Å². The Morgan fingerprint density at radius 2 is 1.93 bits per heavy atom. The lowest BCUT2D eigenvalue weighted by Gasteiger charge is -2.03. The van der Waals surface area contributed by atoms with Gasteiger partial charge in [-0.15, -0.1) is 0 Å². The molecule has 0 aliphatic rings. The van der Waals surface area contributed by atoms with Gasteiger partial charge < -0.3 is 14.2 Å². The Hall–Kier alpha value is -0.750. The highest BCUT2D eigenvalue weighted by atomic mass is 32.2. The van der Waals surface area contributed by atoms with Crippen molar-refractivity contribution in [2.75, 3.05) is 32.7 Å². The maximum Gasteiger partial charge on any atom is 0.367 e. The van der Waals surface area contributed by atoms with Crippen LogP contribution in [0.25, 0.3) is 0 Å². The third-order valence-electron chi connectivity index (χ3n) is 1.12. The van der Waals surface area contributed by atoms with E-state index in [-0.39, 0.29) is 12.4 Å². The second-order valence-corrected chi connectivity index (χ2v) is 3.10. The van der Waals surface area contributed by atoms with Gasteiger partial charge in [-0.05, 0) is 18.7 Å². The van der Waals surface area contributed by atoms with E-state index in [4.69, 9.17) is 4.74 Å². The summed E-state index contributed by atoms with van der Waals surface area (Å²) in [4.78, 5) is 21.7. The zero-order valence-electron chi connectivity index (χ0n) is 8.28. The van der Waals surface area contributed by atoms with Crippen LogP contribution in [0.1, 0.15) is 6.92 Å². The minimum atomic E-state index is -0.491. The third-order valence-corrected chi connectivity index (χ3v) is 1.85. The molecule has 0 amide bonds. The van der Waals surface area contributed by atoms with Crippen LogP contribution in [0, 0.1) is 0 Å². The molecule has 0 radical (unpaired) electrons. The second kappa shape index (κ2) is 8.83. The fourth-order valence-corrected chi connectivity index (χ4v) is 1.06. The number of rotatable bonds is 6. The molecule has 0 aromatic heterocycles. The number of esters is 1. The molecule has 5 nitrogen and oxygen atoms in total. The molecule has 0 spiro atoms. The third kappa shape index (κ3) is 7.88. The van der Waals surface area contributed by atoms with Crippen LogP contribution in [-0.4, -0.2) is 44.0 Å². The predicted octanol–water partition coefficient (Wildman–Crippen LogP) is 1.07. The van der Waals surface area contributed by atoms with Crippen molar-refractivity contribution < 1.29 is 23.8 Å². The summed E-state index contributed by atoms with van der Waals surface area (Å²) in [5.41, 5.74) is 0. The largest absolute Gasteiger partial charge is 0.465 e. The number of carbonyl (C=O) groups is 2. The lowest BCUT2D eigenvalue weighted by molar-refractivity contribution is -0.139. The molecule has 0 aliphatic carbocycles. The summed E-state index contributed by atoms with van der Waals surface area (Å²) in [6.45, 7) is 2.58.